The Balaban J connectivity index is 2.91. The molecule has 0 radical (unpaired) electrons. The van der Waals surface area contributed by atoms with E-state index in [1.165, 1.54) is 19.2 Å². The van der Waals surface area contributed by atoms with E-state index in [4.69, 9.17) is 4.74 Å². The van der Waals surface area contributed by atoms with Gasteiger partial charge in [-0.05, 0) is 24.6 Å². The molecule has 0 spiro atoms. The van der Waals surface area contributed by atoms with E-state index >= 15 is 0 Å². The predicted molar refractivity (Wildman–Crippen MR) is 81.0 cm³/mol. The second kappa shape index (κ2) is 6.72. The maximum atomic E-state index is 13.6. The van der Waals surface area contributed by atoms with Crippen molar-refractivity contribution in [2.75, 3.05) is 20.8 Å². The van der Waals surface area contributed by atoms with Gasteiger partial charge in [-0.15, -0.1) is 0 Å². The topological polar surface area (TPSA) is 60.7 Å². The number of aliphatic hydroxyl groups excluding tert-OH is 1. The van der Waals surface area contributed by atoms with Gasteiger partial charge in [0.25, 0.3) is 0 Å². The number of benzene rings is 1. The summed E-state index contributed by atoms with van der Waals surface area (Å²) < 4.78 is 51.9. The second-order valence-electron chi connectivity index (χ2n) is 5.23. The van der Waals surface area contributed by atoms with Gasteiger partial charge in [0.2, 0.25) is 0 Å². The number of halogens is 3. The molecule has 5 nitrogen and oxygen atoms in total. The monoisotopic (exact) mass is 345 g/mol. The Bertz CT molecular complexity index is 765. The van der Waals surface area contributed by atoms with Crippen LogP contribution in [0.4, 0.5) is 13.2 Å². The third-order valence-electron chi connectivity index (χ3n) is 3.96. The Morgan fingerprint density at radius 1 is 1.29 bits per heavy atom. The fourth-order valence-electron chi connectivity index (χ4n) is 2.90. The van der Waals surface area contributed by atoms with Crippen LogP contribution in [0.3, 0.4) is 0 Å². The first kappa shape index (κ1) is 18.1. The Morgan fingerprint density at radius 2 is 1.96 bits per heavy atom. The third kappa shape index (κ3) is 3.06. The number of hydrogen-bond donors (Lipinski definition) is 1. The van der Waals surface area contributed by atoms with Gasteiger partial charge >= 0.3 is 12.1 Å². The van der Waals surface area contributed by atoms with E-state index < -0.39 is 17.7 Å². The minimum Gasteiger partial charge on any atom is -0.496 e. The molecular weight excluding hydrogens is 327 g/mol. The number of aliphatic hydroxyl groups is 1. The highest BCUT2D eigenvalue weighted by Crippen LogP contribution is 2.44. The molecule has 0 fully saturated rings. The Hall–Kier alpha value is -2.22. The van der Waals surface area contributed by atoms with Gasteiger partial charge in [0.05, 0.1) is 27.2 Å². The number of nitrogens with zero attached hydrogens (tertiary/aromatic N) is 1. The molecule has 24 heavy (non-hydrogen) atoms. The fraction of sp³-hybridized carbons (Fsp3) is 0.438. The molecule has 0 saturated heterocycles. The molecule has 132 valence electrons. The predicted octanol–water partition coefficient (Wildman–Crippen LogP) is 2.68. The molecule has 0 bridgehead atoms. The minimum atomic E-state index is -4.66. The zero-order chi connectivity index (χ0) is 18.1. The smallest absolute Gasteiger partial charge is 0.420 e. The standard InChI is InChI=1S/C16H18F3NO4/c1-9-10(8-13(22)24-3)14-11(20(9)6-7-21)4-5-12(23-2)15(14)16(17,18)19/h4-5,21H,6-8H2,1-3H3. The Kier molecular flexibility index (Phi) is 5.08. The molecule has 0 atom stereocenters. The third-order valence-corrected chi connectivity index (χ3v) is 3.96. The second-order valence-corrected chi connectivity index (χ2v) is 5.23. The first-order chi connectivity index (χ1) is 11.3. The number of carbonyl (C=O) groups excluding carboxylic acids is 1. The highest BCUT2D eigenvalue weighted by atomic mass is 19.4. The summed E-state index contributed by atoms with van der Waals surface area (Å²) in [4.78, 5) is 11.7. The zero-order valence-corrected chi connectivity index (χ0v) is 13.5. The number of alkyl halides is 3. The van der Waals surface area contributed by atoms with Crippen molar-refractivity contribution in [2.24, 2.45) is 0 Å². The van der Waals surface area contributed by atoms with Crippen molar-refractivity contribution < 1.29 is 32.5 Å². The summed E-state index contributed by atoms with van der Waals surface area (Å²) in [6.45, 7) is 1.49. The maximum Gasteiger partial charge on any atom is 0.420 e. The number of hydrogen-bond acceptors (Lipinski definition) is 4. The Morgan fingerprint density at radius 3 is 2.46 bits per heavy atom. The molecule has 1 N–H and O–H groups in total. The normalized spacial score (nSPS) is 11.8. The van der Waals surface area contributed by atoms with Crippen molar-refractivity contribution in [1.29, 1.82) is 0 Å². The molecule has 1 aromatic heterocycles. The van der Waals surface area contributed by atoms with E-state index in [1.807, 2.05) is 0 Å². The SMILES string of the molecule is COC(=O)Cc1c(C)n(CCO)c2ccc(OC)c(C(F)(F)F)c12. The van der Waals surface area contributed by atoms with Gasteiger partial charge in [-0.1, -0.05) is 0 Å². The summed E-state index contributed by atoms with van der Waals surface area (Å²) in [5, 5.41) is 9.11. The fourth-order valence-corrected chi connectivity index (χ4v) is 2.90. The van der Waals surface area contributed by atoms with Gasteiger partial charge in [0.15, 0.2) is 0 Å². The van der Waals surface area contributed by atoms with E-state index in [1.54, 1.807) is 11.5 Å². The van der Waals surface area contributed by atoms with Crippen LogP contribution in [0, 0.1) is 6.92 Å². The summed E-state index contributed by atoms with van der Waals surface area (Å²) >= 11 is 0. The number of aromatic nitrogens is 1. The zero-order valence-electron chi connectivity index (χ0n) is 13.5. The summed E-state index contributed by atoms with van der Waals surface area (Å²) in [6, 6.07) is 2.73. The number of fused-ring (bicyclic) bond motifs is 1. The first-order valence-corrected chi connectivity index (χ1v) is 7.19. The lowest BCUT2D eigenvalue weighted by Gasteiger charge is -2.14. The van der Waals surface area contributed by atoms with Crippen LogP contribution >= 0.6 is 0 Å². The molecule has 0 aliphatic carbocycles. The van der Waals surface area contributed by atoms with E-state index in [0.29, 0.717) is 5.69 Å². The van der Waals surface area contributed by atoms with Crippen molar-refractivity contribution in [3.05, 3.63) is 29.0 Å². The molecule has 0 aliphatic heterocycles. The Labute approximate surface area is 136 Å². The number of carbonyl (C=O) groups is 1. The van der Waals surface area contributed by atoms with Crippen LogP contribution < -0.4 is 4.74 Å². The van der Waals surface area contributed by atoms with Gasteiger partial charge in [-0.3, -0.25) is 4.79 Å². The van der Waals surface area contributed by atoms with Crippen LogP contribution in [0.2, 0.25) is 0 Å². The average molecular weight is 345 g/mol. The van der Waals surface area contributed by atoms with E-state index in [0.717, 1.165) is 7.11 Å². The van der Waals surface area contributed by atoms with E-state index in [2.05, 4.69) is 4.74 Å². The largest absolute Gasteiger partial charge is 0.496 e. The van der Waals surface area contributed by atoms with Crippen molar-refractivity contribution >= 4 is 16.9 Å². The molecule has 0 amide bonds. The average Bonchev–Trinajstić information content (AvgIpc) is 2.78. The van der Waals surface area contributed by atoms with Gasteiger partial charge < -0.3 is 19.1 Å². The summed E-state index contributed by atoms with van der Waals surface area (Å²) in [5.74, 6) is -0.959. The summed E-state index contributed by atoms with van der Waals surface area (Å²) in [6.07, 6.45) is -4.96. The number of methoxy groups -OCH3 is 2. The number of esters is 1. The van der Waals surface area contributed by atoms with Crippen molar-refractivity contribution in [1.82, 2.24) is 4.57 Å². The van der Waals surface area contributed by atoms with Gasteiger partial charge in [-0.25, -0.2) is 0 Å². The first-order valence-electron chi connectivity index (χ1n) is 7.19. The molecule has 1 aromatic carbocycles. The molecule has 2 aromatic rings. The molecule has 0 unspecified atom stereocenters. The maximum absolute atomic E-state index is 13.6. The molecule has 2 rings (SSSR count). The van der Waals surface area contributed by atoms with Crippen molar-refractivity contribution in [3.63, 3.8) is 0 Å². The quantitative estimate of drug-likeness (QED) is 0.847. The molecule has 1 heterocycles. The van der Waals surface area contributed by atoms with Crippen LogP contribution in [0.5, 0.6) is 5.75 Å². The van der Waals surface area contributed by atoms with Gasteiger partial charge in [0.1, 0.15) is 11.3 Å². The minimum absolute atomic E-state index is 0.0989. The van der Waals surface area contributed by atoms with Crippen LogP contribution in [-0.2, 0) is 28.7 Å². The van der Waals surface area contributed by atoms with Crippen LogP contribution in [0.15, 0.2) is 12.1 Å². The highest BCUT2D eigenvalue weighted by molar-refractivity contribution is 5.94. The lowest BCUT2D eigenvalue weighted by atomic mass is 10.0. The van der Waals surface area contributed by atoms with Crippen LogP contribution in [-0.4, -0.2) is 36.5 Å². The van der Waals surface area contributed by atoms with Crippen molar-refractivity contribution in [3.8, 4) is 5.75 Å². The molecular formula is C16H18F3NO4. The molecule has 0 saturated carbocycles. The van der Waals surface area contributed by atoms with E-state index in [9.17, 15) is 23.1 Å². The molecule has 0 aliphatic rings. The van der Waals surface area contributed by atoms with Gasteiger partial charge in [-0.2, -0.15) is 13.2 Å². The van der Waals surface area contributed by atoms with Crippen LogP contribution in [0.25, 0.3) is 10.9 Å². The highest BCUT2D eigenvalue weighted by Gasteiger charge is 2.38. The number of rotatable bonds is 5. The summed E-state index contributed by atoms with van der Waals surface area (Å²) in [7, 11) is 2.34. The lowest BCUT2D eigenvalue weighted by Crippen LogP contribution is -2.10. The summed E-state index contributed by atoms with van der Waals surface area (Å²) in [5.41, 5.74) is 0.0505. The lowest BCUT2D eigenvalue weighted by molar-refractivity contribution is -0.140. The number of ether oxygens (including phenoxy) is 2. The van der Waals surface area contributed by atoms with Crippen molar-refractivity contribution in [2.45, 2.75) is 26.1 Å². The molecule has 8 heteroatoms. The van der Waals surface area contributed by atoms with E-state index in [-0.39, 0.29) is 41.8 Å². The van der Waals surface area contributed by atoms with Gasteiger partial charge in [0, 0.05) is 23.1 Å². The van der Waals surface area contributed by atoms with Crippen LogP contribution in [0.1, 0.15) is 16.8 Å².